The zero-order chi connectivity index (χ0) is 18.8. The Labute approximate surface area is 157 Å². The van der Waals surface area contributed by atoms with E-state index < -0.39 is 0 Å². The van der Waals surface area contributed by atoms with E-state index in [0.29, 0.717) is 0 Å². The molecule has 3 heteroatoms. The van der Waals surface area contributed by atoms with Gasteiger partial charge in [0.15, 0.2) is 0 Å². The summed E-state index contributed by atoms with van der Waals surface area (Å²) in [5, 5.41) is 6.78. The van der Waals surface area contributed by atoms with Crippen LogP contribution < -0.4 is 5.73 Å². The van der Waals surface area contributed by atoms with E-state index in [2.05, 4.69) is 29.3 Å². The molecule has 2 aromatic carbocycles. The molecule has 3 N–H and O–H groups in total. The molecule has 3 nitrogen and oxygen atoms in total. The van der Waals surface area contributed by atoms with Crippen LogP contribution in [0, 0.1) is 20.8 Å². The van der Waals surface area contributed by atoms with Gasteiger partial charge in [0.05, 0.1) is 5.69 Å². The number of nitrogens with two attached hydrogens (primary N) is 1. The van der Waals surface area contributed by atoms with Gasteiger partial charge in [-0.15, -0.1) is 0 Å². The van der Waals surface area contributed by atoms with Gasteiger partial charge in [0, 0.05) is 11.9 Å². The molecule has 0 aliphatic heterocycles. The number of H-pyrrole nitrogens is 1. The van der Waals surface area contributed by atoms with Gasteiger partial charge >= 0.3 is 0 Å². The Balaban J connectivity index is 0.000000150. The van der Waals surface area contributed by atoms with Crippen LogP contribution in [-0.2, 0) is 0 Å². The Kier molecular flexibility index (Phi) is 7.94. The number of nitrogens with one attached hydrogen (secondary N) is 1. The fourth-order valence-electron chi connectivity index (χ4n) is 3.11. The normalized spacial score (nSPS) is 12.6. The van der Waals surface area contributed by atoms with Gasteiger partial charge < -0.3 is 5.73 Å². The zero-order valence-corrected chi connectivity index (χ0v) is 16.3. The van der Waals surface area contributed by atoms with Gasteiger partial charge in [0.1, 0.15) is 0 Å². The molecule has 138 valence electrons. The van der Waals surface area contributed by atoms with Crippen molar-refractivity contribution in [3.05, 3.63) is 71.4 Å². The minimum atomic E-state index is 0.922. The van der Waals surface area contributed by atoms with Gasteiger partial charge in [0.25, 0.3) is 0 Å². The Hall–Kier alpha value is -2.55. The number of aromatic amines is 1. The van der Waals surface area contributed by atoms with Gasteiger partial charge in [-0.3, -0.25) is 5.10 Å². The second-order valence-corrected chi connectivity index (χ2v) is 6.92. The number of aryl methyl sites for hydroxylation is 3. The highest BCUT2D eigenvalue weighted by atomic mass is 15.1. The van der Waals surface area contributed by atoms with Crippen LogP contribution in [0.1, 0.15) is 48.8 Å². The molecule has 1 saturated carbocycles. The van der Waals surface area contributed by atoms with Crippen molar-refractivity contribution >= 4 is 5.69 Å². The van der Waals surface area contributed by atoms with E-state index in [1.165, 1.54) is 54.4 Å². The van der Waals surface area contributed by atoms with E-state index in [-0.39, 0.29) is 0 Å². The summed E-state index contributed by atoms with van der Waals surface area (Å²) < 4.78 is 0. The van der Waals surface area contributed by atoms with Crippen LogP contribution in [0.4, 0.5) is 5.69 Å². The topological polar surface area (TPSA) is 54.7 Å². The monoisotopic (exact) mass is 349 g/mol. The van der Waals surface area contributed by atoms with Gasteiger partial charge in [0.2, 0.25) is 0 Å². The maximum atomic E-state index is 5.75. The lowest BCUT2D eigenvalue weighted by atomic mass is 10.1. The van der Waals surface area contributed by atoms with Crippen LogP contribution >= 0.6 is 0 Å². The van der Waals surface area contributed by atoms with Crippen molar-refractivity contribution in [3.8, 4) is 11.3 Å². The van der Waals surface area contributed by atoms with Gasteiger partial charge in [-0.1, -0.05) is 80.1 Å². The van der Waals surface area contributed by atoms with E-state index in [1.807, 2.05) is 50.2 Å². The largest absolute Gasteiger partial charge is 0.398 e. The number of anilines is 1. The molecule has 0 bridgehead atoms. The van der Waals surface area contributed by atoms with E-state index in [9.17, 15) is 0 Å². The van der Waals surface area contributed by atoms with Crippen LogP contribution in [0.2, 0.25) is 0 Å². The summed E-state index contributed by atoms with van der Waals surface area (Å²) in [4.78, 5) is 0. The molecule has 0 spiro atoms. The summed E-state index contributed by atoms with van der Waals surface area (Å²) >= 11 is 0. The maximum absolute atomic E-state index is 5.75. The quantitative estimate of drug-likeness (QED) is 0.512. The Morgan fingerprint density at radius 3 is 1.81 bits per heavy atom. The van der Waals surface area contributed by atoms with Crippen molar-refractivity contribution in [3.63, 3.8) is 0 Å². The molecule has 0 unspecified atom stereocenters. The lowest BCUT2D eigenvalue weighted by molar-refractivity contribution is 0.886. The fourth-order valence-corrected chi connectivity index (χ4v) is 3.11. The summed E-state index contributed by atoms with van der Waals surface area (Å²) in [6, 6.07) is 16.3. The Morgan fingerprint density at radius 2 is 1.35 bits per heavy atom. The average Bonchev–Trinajstić information content (AvgIpc) is 3.37. The zero-order valence-electron chi connectivity index (χ0n) is 16.3. The number of nitrogens with zero attached hydrogens (tertiary/aromatic N) is 1. The molecule has 1 aromatic heterocycles. The van der Waals surface area contributed by atoms with E-state index >= 15 is 0 Å². The van der Waals surface area contributed by atoms with Gasteiger partial charge in [-0.05, 0) is 43.5 Å². The third-order valence-corrected chi connectivity index (χ3v) is 4.57. The van der Waals surface area contributed by atoms with Gasteiger partial charge in [-0.25, -0.2) is 0 Å². The number of rotatable bonds is 1. The molecular weight excluding hydrogens is 318 g/mol. The predicted octanol–water partition coefficient (Wildman–Crippen LogP) is 6.22. The third-order valence-electron chi connectivity index (χ3n) is 4.57. The molecule has 1 aliphatic rings. The molecule has 1 heterocycles. The summed E-state index contributed by atoms with van der Waals surface area (Å²) in [6.45, 7) is 6.16. The molecule has 0 atom stereocenters. The first-order valence-electron chi connectivity index (χ1n) is 9.46. The minimum Gasteiger partial charge on any atom is -0.398 e. The molecule has 3 aromatic rings. The highest BCUT2D eigenvalue weighted by Gasteiger charge is 1.97. The second-order valence-electron chi connectivity index (χ2n) is 6.92. The minimum absolute atomic E-state index is 0.922. The van der Waals surface area contributed by atoms with Crippen molar-refractivity contribution in [1.82, 2.24) is 10.2 Å². The standard InChI is InChI=1S/C9H8N2.C9H13N.C5H10/c1-2-4-8(5-3-1)9-6-7-10-11-9;1-6-4-7(2)9(10)8(3)5-6;1-2-4-5-3-1/h1-7H,(H,10,11);4-5H,10H2,1-3H3;1-5H2. The predicted molar refractivity (Wildman–Crippen MR) is 112 cm³/mol. The number of hydrogen-bond donors (Lipinski definition) is 2. The van der Waals surface area contributed by atoms with Crippen molar-refractivity contribution in [2.24, 2.45) is 0 Å². The lowest BCUT2D eigenvalue weighted by Gasteiger charge is -2.04. The number of aromatic nitrogens is 2. The molecule has 0 saturated heterocycles. The van der Waals surface area contributed by atoms with Crippen LogP contribution in [0.5, 0.6) is 0 Å². The highest BCUT2D eigenvalue weighted by molar-refractivity contribution is 5.57. The van der Waals surface area contributed by atoms with Crippen molar-refractivity contribution in [1.29, 1.82) is 0 Å². The first-order valence-corrected chi connectivity index (χ1v) is 9.46. The molecule has 1 aliphatic carbocycles. The van der Waals surface area contributed by atoms with Crippen LogP contribution in [-0.4, -0.2) is 10.2 Å². The van der Waals surface area contributed by atoms with Crippen LogP contribution in [0.25, 0.3) is 11.3 Å². The van der Waals surface area contributed by atoms with E-state index in [1.54, 1.807) is 6.20 Å². The number of nitrogen functional groups attached to an aromatic ring is 1. The number of benzene rings is 2. The second kappa shape index (κ2) is 10.4. The SMILES string of the molecule is C1CCCC1.Cc1cc(C)c(N)c(C)c1.c1ccc(-c2ccn[nH]2)cc1. The highest BCUT2D eigenvalue weighted by Crippen LogP contribution is 2.17. The Morgan fingerprint density at radius 1 is 0.808 bits per heavy atom. The maximum Gasteiger partial charge on any atom is 0.0650 e. The summed E-state index contributed by atoms with van der Waals surface area (Å²) in [6.07, 6.45) is 9.25. The van der Waals surface area contributed by atoms with E-state index in [4.69, 9.17) is 5.73 Å². The third kappa shape index (κ3) is 6.40. The van der Waals surface area contributed by atoms with Crippen molar-refractivity contribution < 1.29 is 0 Å². The molecule has 26 heavy (non-hydrogen) atoms. The van der Waals surface area contributed by atoms with Crippen molar-refractivity contribution in [2.75, 3.05) is 5.73 Å². The van der Waals surface area contributed by atoms with Crippen LogP contribution in [0.15, 0.2) is 54.7 Å². The van der Waals surface area contributed by atoms with E-state index in [0.717, 1.165) is 11.4 Å². The molecule has 0 radical (unpaired) electrons. The first-order chi connectivity index (χ1) is 12.6. The molecule has 4 rings (SSSR count). The lowest BCUT2D eigenvalue weighted by Crippen LogP contribution is -1.93. The summed E-state index contributed by atoms with van der Waals surface area (Å²) in [5.41, 5.74) is 12.5. The average molecular weight is 350 g/mol. The van der Waals surface area contributed by atoms with Crippen LogP contribution in [0.3, 0.4) is 0 Å². The smallest absolute Gasteiger partial charge is 0.0650 e. The summed E-state index contributed by atoms with van der Waals surface area (Å²) in [5.74, 6) is 0. The molecular formula is C23H31N3. The summed E-state index contributed by atoms with van der Waals surface area (Å²) in [7, 11) is 0. The van der Waals surface area contributed by atoms with Crippen molar-refractivity contribution in [2.45, 2.75) is 52.9 Å². The molecule has 0 amide bonds. The Bertz CT molecular complexity index is 727. The molecule has 1 fully saturated rings. The van der Waals surface area contributed by atoms with Gasteiger partial charge in [-0.2, -0.15) is 5.10 Å². The number of hydrogen-bond acceptors (Lipinski definition) is 2. The first kappa shape index (κ1) is 19.8. The fraction of sp³-hybridized carbons (Fsp3) is 0.348.